The number of rotatable bonds is 12. The number of aliphatic hydroxyl groups excluding tert-OH is 1. The van der Waals surface area contributed by atoms with Crippen molar-refractivity contribution in [2.45, 2.75) is 58.5 Å². The molecular weight excluding hydrogens is 417 g/mol. The normalized spacial score (nSPS) is 12.0. The molecule has 141 valence electrons. The van der Waals surface area contributed by atoms with Crippen molar-refractivity contribution in [3.63, 3.8) is 0 Å². The van der Waals surface area contributed by atoms with Crippen LogP contribution in [0.1, 0.15) is 62.5 Å². The van der Waals surface area contributed by atoms with Gasteiger partial charge in [-0.3, -0.25) is 0 Å². The molecule has 0 aliphatic rings. The minimum Gasteiger partial charge on any atom is -0.388 e. The summed E-state index contributed by atoms with van der Waals surface area (Å²) in [6, 6.07) is 12.3. The van der Waals surface area contributed by atoms with Crippen molar-refractivity contribution in [3.05, 3.63) is 52.2 Å². The summed E-state index contributed by atoms with van der Waals surface area (Å²) in [5.74, 6) is 0. The minimum absolute atomic E-state index is 0. The standard InChI is InChI=1S/C21H31N2OS.Y/c1-3-5-6-11-21(24)18-12-14-19(15-13-18)22-23(4-2)16-7-9-20-10-8-17-25-20;/h8,10,12-15,21-22,24H,3-7,9,11,16H2,1-2H3;/q-1;. The summed E-state index contributed by atoms with van der Waals surface area (Å²) in [5.41, 5.74) is 5.57. The van der Waals surface area contributed by atoms with Crippen LogP contribution in [0.4, 0.5) is 5.69 Å². The van der Waals surface area contributed by atoms with E-state index < -0.39 is 0 Å². The molecule has 1 aromatic carbocycles. The third-order valence-corrected chi connectivity index (χ3v) is 5.28. The van der Waals surface area contributed by atoms with Gasteiger partial charge in [0.1, 0.15) is 0 Å². The fraction of sp³-hybridized carbons (Fsp3) is 0.524. The van der Waals surface area contributed by atoms with Crippen LogP contribution in [0.3, 0.4) is 0 Å². The molecule has 0 fully saturated rings. The molecule has 2 rings (SSSR count). The molecule has 1 atom stereocenters. The monoisotopic (exact) mass is 448 g/mol. The molecule has 5 heteroatoms. The third kappa shape index (κ3) is 8.62. The molecule has 2 N–H and O–H groups in total. The van der Waals surface area contributed by atoms with Crippen LogP contribution in [0.25, 0.3) is 0 Å². The van der Waals surface area contributed by atoms with Crippen molar-refractivity contribution >= 4 is 17.0 Å². The van der Waals surface area contributed by atoms with E-state index in [1.54, 1.807) is 11.3 Å². The zero-order valence-corrected chi connectivity index (χ0v) is 19.7. The molecular formula is C21H31N2OSY-. The predicted octanol–water partition coefficient (Wildman–Crippen LogP) is 5.44. The van der Waals surface area contributed by atoms with E-state index in [1.165, 1.54) is 17.7 Å². The van der Waals surface area contributed by atoms with Gasteiger partial charge in [0.05, 0.1) is 6.10 Å². The second kappa shape index (κ2) is 13.8. The Morgan fingerprint density at radius 2 is 1.88 bits per heavy atom. The quantitative estimate of drug-likeness (QED) is 0.258. The van der Waals surface area contributed by atoms with Crippen molar-refractivity contribution in [1.82, 2.24) is 5.01 Å². The number of anilines is 1. The zero-order valence-electron chi connectivity index (χ0n) is 16.1. The maximum Gasteiger partial charge on any atom is 0.0790 e. The second-order valence-electron chi connectivity index (χ2n) is 6.45. The van der Waals surface area contributed by atoms with Crippen LogP contribution in [0.5, 0.6) is 0 Å². The van der Waals surface area contributed by atoms with E-state index in [1.807, 2.05) is 18.2 Å². The topological polar surface area (TPSA) is 35.5 Å². The Morgan fingerprint density at radius 3 is 2.50 bits per heavy atom. The maximum absolute atomic E-state index is 10.2. The SMILES string of the molecule is CCCCCC(O)c1ccc(NN(CC)CCCc2cc[c-]s2)cc1.[Y]. The Labute approximate surface area is 188 Å². The van der Waals surface area contributed by atoms with E-state index in [0.717, 1.165) is 50.0 Å². The van der Waals surface area contributed by atoms with Gasteiger partial charge < -0.3 is 21.9 Å². The number of hydrogen-bond acceptors (Lipinski definition) is 4. The number of hydrogen-bond donors (Lipinski definition) is 2. The van der Waals surface area contributed by atoms with Crippen LogP contribution in [0.2, 0.25) is 0 Å². The van der Waals surface area contributed by atoms with Crippen molar-refractivity contribution in [3.8, 4) is 0 Å². The van der Waals surface area contributed by atoms with Crippen LogP contribution in [-0.4, -0.2) is 23.2 Å². The van der Waals surface area contributed by atoms with Crippen LogP contribution in [0, 0.1) is 5.38 Å². The van der Waals surface area contributed by atoms with E-state index >= 15 is 0 Å². The summed E-state index contributed by atoms with van der Waals surface area (Å²) in [5, 5.41) is 15.6. The molecule has 0 saturated carbocycles. The van der Waals surface area contributed by atoms with E-state index in [4.69, 9.17) is 0 Å². The summed E-state index contributed by atoms with van der Waals surface area (Å²) >= 11 is 1.71. The summed E-state index contributed by atoms with van der Waals surface area (Å²) in [6.45, 7) is 6.32. The Kier molecular flexibility index (Phi) is 12.7. The fourth-order valence-corrected chi connectivity index (χ4v) is 3.53. The molecule has 0 bridgehead atoms. The molecule has 0 amide bonds. The van der Waals surface area contributed by atoms with Crippen LogP contribution >= 0.6 is 11.3 Å². The molecule has 1 heterocycles. The first-order valence-corrected chi connectivity index (χ1v) is 10.3. The summed E-state index contributed by atoms with van der Waals surface area (Å²) in [4.78, 5) is 1.40. The molecule has 26 heavy (non-hydrogen) atoms. The van der Waals surface area contributed by atoms with Crippen LogP contribution in [-0.2, 0) is 39.1 Å². The number of thiophene rings is 1. The van der Waals surface area contributed by atoms with Crippen LogP contribution < -0.4 is 5.43 Å². The first kappa shape index (κ1) is 23.8. The number of unbranched alkanes of at least 4 members (excludes halogenated alkanes) is 2. The fourth-order valence-electron chi connectivity index (χ4n) is 2.86. The van der Waals surface area contributed by atoms with Gasteiger partial charge in [-0.1, -0.05) is 51.7 Å². The maximum atomic E-state index is 10.2. The van der Waals surface area contributed by atoms with Gasteiger partial charge in [0.2, 0.25) is 0 Å². The number of hydrazine groups is 1. The number of aryl methyl sites for hydroxylation is 1. The Balaban J connectivity index is 0.00000338. The smallest absolute Gasteiger partial charge is 0.0790 e. The zero-order chi connectivity index (χ0) is 17.9. The number of benzene rings is 1. The van der Waals surface area contributed by atoms with Gasteiger partial charge in [-0.15, -0.1) is 10.3 Å². The van der Waals surface area contributed by atoms with Gasteiger partial charge in [0.15, 0.2) is 0 Å². The van der Waals surface area contributed by atoms with Gasteiger partial charge >= 0.3 is 0 Å². The molecule has 3 nitrogen and oxygen atoms in total. The minimum atomic E-state index is -0.342. The van der Waals surface area contributed by atoms with E-state index in [2.05, 4.69) is 47.9 Å². The number of aliphatic hydroxyl groups is 1. The summed E-state index contributed by atoms with van der Waals surface area (Å²) in [6.07, 6.45) is 6.20. The van der Waals surface area contributed by atoms with E-state index in [9.17, 15) is 5.11 Å². The molecule has 0 spiro atoms. The largest absolute Gasteiger partial charge is 0.388 e. The number of nitrogens with one attached hydrogen (secondary N) is 1. The Morgan fingerprint density at radius 1 is 1.12 bits per heavy atom. The summed E-state index contributed by atoms with van der Waals surface area (Å²) < 4.78 is 0. The molecule has 2 aromatic rings. The molecule has 1 unspecified atom stereocenters. The van der Waals surface area contributed by atoms with Crippen LogP contribution in [0.15, 0.2) is 36.4 Å². The van der Waals surface area contributed by atoms with Gasteiger partial charge in [0, 0.05) is 51.5 Å². The van der Waals surface area contributed by atoms with E-state index in [0.29, 0.717) is 0 Å². The first-order chi connectivity index (χ1) is 12.2. The predicted molar refractivity (Wildman–Crippen MR) is 108 cm³/mol. The summed E-state index contributed by atoms with van der Waals surface area (Å²) in [7, 11) is 0. The van der Waals surface area contributed by atoms with Crippen molar-refractivity contribution < 1.29 is 37.8 Å². The molecule has 0 aliphatic heterocycles. The van der Waals surface area contributed by atoms with Gasteiger partial charge in [-0.2, -0.15) is 6.07 Å². The van der Waals surface area contributed by atoms with E-state index in [-0.39, 0.29) is 38.8 Å². The van der Waals surface area contributed by atoms with Crippen molar-refractivity contribution in [2.24, 2.45) is 0 Å². The second-order valence-corrected chi connectivity index (χ2v) is 7.41. The van der Waals surface area contributed by atoms with Gasteiger partial charge in [0.25, 0.3) is 0 Å². The average molecular weight is 448 g/mol. The number of nitrogens with zero attached hydrogens (tertiary/aromatic N) is 1. The van der Waals surface area contributed by atoms with Crippen molar-refractivity contribution in [2.75, 3.05) is 18.5 Å². The first-order valence-electron chi connectivity index (χ1n) is 9.47. The average Bonchev–Trinajstić information content (AvgIpc) is 3.15. The van der Waals surface area contributed by atoms with Gasteiger partial charge in [-0.25, -0.2) is 11.1 Å². The molecule has 0 saturated heterocycles. The Bertz CT molecular complexity index is 574. The van der Waals surface area contributed by atoms with Gasteiger partial charge in [-0.05, 0) is 30.5 Å². The Hall–Kier alpha value is -0.256. The molecule has 1 aromatic heterocycles. The molecule has 0 aliphatic carbocycles. The third-order valence-electron chi connectivity index (χ3n) is 4.42. The molecule has 1 radical (unpaired) electrons. The van der Waals surface area contributed by atoms with Crippen molar-refractivity contribution in [1.29, 1.82) is 0 Å².